The van der Waals surface area contributed by atoms with Crippen LogP contribution >= 0.6 is 0 Å². The van der Waals surface area contributed by atoms with E-state index < -0.39 is 0 Å². The van der Waals surface area contributed by atoms with Crippen molar-refractivity contribution in [3.8, 4) is 0 Å². The molecule has 0 aromatic carbocycles. The van der Waals surface area contributed by atoms with Crippen LogP contribution in [0.15, 0.2) is 0 Å². The minimum Gasteiger partial charge on any atom is -0.330 e. The molecule has 0 aliphatic carbocycles. The maximum Gasteiger partial charge on any atom is 0.00984 e. The predicted molar refractivity (Wildman–Crippen MR) is 55.5 cm³/mol. The van der Waals surface area contributed by atoms with Crippen LogP contribution in [0.1, 0.15) is 32.6 Å². The van der Waals surface area contributed by atoms with E-state index in [-0.39, 0.29) is 0 Å². The van der Waals surface area contributed by atoms with Gasteiger partial charge in [0.15, 0.2) is 0 Å². The van der Waals surface area contributed by atoms with Crippen LogP contribution < -0.4 is 5.73 Å². The third-order valence-corrected chi connectivity index (χ3v) is 4.04. The quantitative estimate of drug-likeness (QED) is 0.700. The smallest absolute Gasteiger partial charge is 0.00984 e. The molecule has 2 rings (SSSR count). The fraction of sp³-hybridized carbons (Fsp3) is 1.00. The van der Waals surface area contributed by atoms with E-state index in [1.807, 2.05) is 0 Å². The Labute approximate surface area is 81.5 Å². The molecule has 2 heteroatoms. The van der Waals surface area contributed by atoms with Crippen LogP contribution in [0, 0.1) is 11.8 Å². The average Bonchev–Trinajstić information content (AvgIpc) is 2.63. The van der Waals surface area contributed by atoms with Crippen LogP contribution in [-0.2, 0) is 0 Å². The average molecular weight is 182 g/mol. The highest BCUT2D eigenvalue weighted by atomic mass is 15.2. The third kappa shape index (κ3) is 1.89. The number of nitrogens with zero attached hydrogens (tertiary/aromatic N) is 1. The highest BCUT2D eigenvalue weighted by molar-refractivity contribution is 4.87. The van der Waals surface area contributed by atoms with Gasteiger partial charge >= 0.3 is 0 Å². The lowest BCUT2D eigenvalue weighted by atomic mass is 9.82. The third-order valence-electron chi connectivity index (χ3n) is 4.04. The van der Waals surface area contributed by atoms with Crippen LogP contribution in [0.5, 0.6) is 0 Å². The molecule has 0 amide bonds. The van der Waals surface area contributed by atoms with Crippen LogP contribution in [0.2, 0.25) is 0 Å². The van der Waals surface area contributed by atoms with Crippen LogP contribution in [0.4, 0.5) is 0 Å². The second-order valence-corrected chi connectivity index (χ2v) is 4.83. The van der Waals surface area contributed by atoms with Crippen molar-refractivity contribution >= 4 is 0 Å². The summed E-state index contributed by atoms with van der Waals surface area (Å²) >= 11 is 0. The van der Waals surface area contributed by atoms with Gasteiger partial charge in [0, 0.05) is 6.04 Å². The van der Waals surface area contributed by atoms with Crippen LogP contribution in [0.3, 0.4) is 0 Å². The molecule has 2 nitrogen and oxygen atoms in total. The Morgan fingerprint density at radius 1 is 1.38 bits per heavy atom. The molecular weight excluding hydrogens is 160 g/mol. The summed E-state index contributed by atoms with van der Waals surface area (Å²) in [5.74, 6) is 1.65. The minimum absolute atomic E-state index is 0.739. The molecule has 0 bridgehead atoms. The number of hydrogen-bond donors (Lipinski definition) is 1. The molecule has 13 heavy (non-hydrogen) atoms. The molecule has 3 atom stereocenters. The SMILES string of the molecule is CC(CN)C1CCN2CCCC2C1. The zero-order valence-electron chi connectivity index (χ0n) is 8.71. The topological polar surface area (TPSA) is 29.3 Å². The fourth-order valence-electron chi connectivity index (χ4n) is 2.96. The Kier molecular flexibility index (Phi) is 2.89. The van der Waals surface area contributed by atoms with Crippen LogP contribution in [0.25, 0.3) is 0 Å². The summed E-state index contributed by atoms with van der Waals surface area (Å²) < 4.78 is 0. The lowest BCUT2D eigenvalue weighted by molar-refractivity contribution is 0.125. The lowest BCUT2D eigenvalue weighted by Crippen LogP contribution is -2.40. The number of fused-ring (bicyclic) bond motifs is 1. The zero-order valence-corrected chi connectivity index (χ0v) is 8.71. The maximum atomic E-state index is 5.73. The summed E-state index contributed by atoms with van der Waals surface area (Å²) in [5.41, 5.74) is 5.73. The number of rotatable bonds is 2. The molecule has 3 unspecified atom stereocenters. The highest BCUT2D eigenvalue weighted by Gasteiger charge is 2.33. The molecule has 2 saturated heterocycles. The maximum absolute atomic E-state index is 5.73. The number of hydrogen-bond acceptors (Lipinski definition) is 2. The Morgan fingerprint density at radius 3 is 3.00 bits per heavy atom. The van der Waals surface area contributed by atoms with Gasteiger partial charge in [0.2, 0.25) is 0 Å². The van der Waals surface area contributed by atoms with Crippen molar-refractivity contribution in [1.82, 2.24) is 4.90 Å². The predicted octanol–water partition coefficient (Wildman–Crippen LogP) is 1.46. The van der Waals surface area contributed by atoms with E-state index in [0.717, 1.165) is 24.4 Å². The first-order chi connectivity index (χ1) is 6.31. The van der Waals surface area contributed by atoms with Gasteiger partial charge < -0.3 is 10.6 Å². The number of piperidine rings is 1. The van der Waals surface area contributed by atoms with Gasteiger partial charge in [0.05, 0.1) is 0 Å². The molecule has 2 aliphatic heterocycles. The van der Waals surface area contributed by atoms with Crippen LogP contribution in [-0.4, -0.2) is 30.6 Å². The van der Waals surface area contributed by atoms with Crippen molar-refractivity contribution in [1.29, 1.82) is 0 Å². The number of nitrogens with two attached hydrogens (primary N) is 1. The van der Waals surface area contributed by atoms with Gasteiger partial charge in [0.1, 0.15) is 0 Å². The summed E-state index contributed by atoms with van der Waals surface area (Å²) in [5, 5.41) is 0. The molecule has 2 fully saturated rings. The van der Waals surface area contributed by atoms with Crippen molar-refractivity contribution in [2.24, 2.45) is 17.6 Å². The van der Waals surface area contributed by atoms with Crippen molar-refractivity contribution in [3.63, 3.8) is 0 Å². The first-order valence-electron chi connectivity index (χ1n) is 5.75. The van der Waals surface area contributed by atoms with Crippen molar-refractivity contribution in [2.45, 2.75) is 38.6 Å². The van der Waals surface area contributed by atoms with Gasteiger partial charge in [-0.25, -0.2) is 0 Å². The van der Waals surface area contributed by atoms with Crippen molar-refractivity contribution in [2.75, 3.05) is 19.6 Å². The first-order valence-corrected chi connectivity index (χ1v) is 5.75. The second-order valence-electron chi connectivity index (χ2n) is 4.83. The molecule has 2 N–H and O–H groups in total. The van der Waals surface area contributed by atoms with Gasteiger partial charge in [-0.3, -0.25) is 0 Å². The standard InChI is InChI=1S/C11H22N2/c1-9(8-12)10-4-6-13-5-2-3-11(13)7-10/h9-11H,2-8,12H2,1H3. The molecule has 0 aromatic rings. The Bertz CT molecular complexity index is 169. The normalized spacial score (nSPS) is 37.4. The Hall–Kier alpha value is -0.0800. The van der Waals surface area contributed by atoms with Crippen molar-refractivity contribution < 1.29 is 0 Å². The minimum atomic E-state index is 0.739. The van der Waals surface area contributed by atoms with E-state index in [2.05, 4.69) is 11.8 Å². The Balaban J connectivity index is 1.89. The van der Waals surface area contributed by atoms with E-state index in [1.54, 1.807) is 0 Å². The lowest BCUT2D eigenvalue weighted by Gasteiger charge is -2.37. The summed E-state index contributed by atoms with van der Waals surface area (Å²) in [6, 6.07) is 0.910. The monoisotopic (exact) mass is 182 g/mol. The van der Waals surface area contributed by atoms with Gasteiger partial charge in [-0.15, -0.1) is 0 Å². The first kappa shape index (κ1) is 9.47. The molecule has 2 heterocycles. The molecule has 0 spiro atoms. The molecule has 76 valence electrons. The largest absolute Gasteiger partial charge is 0.330 e. The Morgan fingerprint density at radius 2 is 2.23 bits per heavy atom. The van der Waals surface area contributed by atoms with E-state index in [1.165, 1.54) is 38.8 Å². The van der Waals surface area contributed by atoms with Gasteiger partial charge in [0.25, 0.3) is 0 Å². The van der Waals surface area contributed by atoms with E-state index in [9.17, 15) is 0 Å². The molecule has 0 saturated carbocycles. The molecule has 0 aromatic heterocycles. The molecule has 2 aliphatic rings. The van der Waals surface area contributed by atoms with Crippen molar-refractivity contribution in [3.05, 3.63) is 0 Å². The van der Waals surface area contributed by atoms with Gasteiger partial charge in [-0.2, -0.15) is 0 Å². The summed E-state index contributed by atoms with van der Waals surface area (Å²) in [6.07, 6.45) is 5.66. The summed E-state index contributed by atoms with van der Waals surface area (Å²) in [6.45, 7) is 5.88. The molecule has 0 radical (unpaired) electrons. The van der Waals surface area contributed by atoms with Gasteiger partial charge in [-0.1, -0.05) is 6.92 Å². The summed E-state index contributed by atoms with van der Waals surface area (Å²) in [7, 11) is 0. The van der Waals surface area contributed by atoms with E-state index >= 15 is 0 Å². The van der Waals surface area contributed by atoms with Gasteiger partial charge in [-0.05, 0) is 57.2 Å². The second kappa shape index (κ2) is 3.97. The highest BCUT2D eigenvalue weighted by Crippen LogP contribution is 2.33. The van der Waals surface area contributed by atoms with E-state index in [4.69, 9.17) is 5.73 Å². The summed E-state index contributed by atoms with van der Waals surface area (Å²) in [4.78, 5) is 2.68. The zero-order chi connectivity index (χ0) is 9.26. The fourth-order valence-corrected chi connectivity index (χ4v) is 2.96. The molecular formula is C11H22N2. The van der Waals surface area contributed by atoms with E-state index in [0.29, 0.717) is 0 Å².